The summed E-state index contributed by atoms with van der Waals surface area (Å²) in [5.41, 5.74) is 4.29. The number of ether oxygens (including phenoxy) is 2. The van der Waals surface area contributed by atoms with Crippen LogP contribution in [0.1, 0.15) is 35.9 Å². The molecule has 3 heterocycles. The van der Waals surface area contributed by atoms with E-state index in [4.69, 9.17) is 9.47 Å². The number of hydrogen-bond acceptors (Lipinski definition) is 8. The molecule has 38 heavy (non-hydrogen) atoms. The van der Waals surface area contributed by atoms with Crippen LogP contribution in [0.15, 0.2) is 60.1 Å². The number of allylic oxidation sites excluding steroid dienone is 1. The Balaban J connectivity index is 0.000000278. The van der Waals surface area contributed by atoms with Gasteiger partial charge in [0.25, 0.3) is 0 Å². The summed E-state index contributed by atoms with van der Waals surface area (Å²) < 4.78 is 10.6. The van der Waals surface area contributed by atoms with Crippen LogP contribution in [0.3, 0.4) is 0 Å². The zero-order chi connectivity index (χ0) is 26.7. The number of hydrogen-bond donors (Lipinski definition) is 1. The van der Waals surface area contributed by atoms with E-state index >= 15 is 0 Å². The summed E-state index contributed by atoms with van der Waals surface area (Å²) in [7, 11) is 2.13. The van der Waals surface area contributed by atoms with Gasteiger partial charge in [0.1, 0.15) is 24.5 Å². The average molecular weight is 535 g/mol. The summed E-state index contributed by atoms with van der Waals surface area (Å²) in [6.45, 7) is 9.73. The molecule has 0 atom stereocenters. The number of aromatic nitrogens is 1. The number of benzene rings is 2. The van der Waals surface area contributed by atoms with Crippen LogP contribution >= 0.6 is 11.3 Å². The lowest BCUT2D eigenvalue weighted by molar-refractivity contribution is -0.104. The number of likely N-dealkylation sites (tertiary alicyclic amines) is 1. The Morgan fingerprint density at radius 1 is 1.16 bits per heavy atom. The summed E-state index contributed by atoms with van der Waals surface area (Å²) in [6.07, 6.45) is 6.65. The van der Waals surface area contributed by atoms with Crippen molar-refractivity contribution in [1.82, 2.24) is 15.2 Å². The maximum atomic E-state index is 11.3. The number of thiazole rings is 1. The maximum Gasteiger partial charge on any atom is 0.161 e. The number of piperidine rings is 1. The molecule has 2 aliphatic heterocycles. The highest BCUT2D eigenvalue weighted by atomic mass is 32.1. The number of nitrogens with zero attached hydrogens (tertiary/aromatic N) is 3. The van der Waals surface area contributed by atoms with Gasteiger partial charge >= 0.3 is 0 Å². The first kappa shape index (κ1) is 27.8. The second kappa shape index (κ2) is 14.1. The minimum Gasteiger partial charge on any atom is -0.486 e. The van der Waals surface area contributed by atoms with E-state index in [1.807, 2.05) is 29.6 Å². The number of nitrogens with one attached hydrogen (secondary N) is 1. The first-order valence-electron chi connectivity index (χ1n) is 13.3. The van der Waals surface area contributed by atoms with Crippen molar-refractivity contribution < 1.29 is 14.3 Å². The number of carbonyl (C=O) groups excluding carboxylic acids is 1. The Morgan fingerprint density at radius 3 is 2.47 bits per heavy atom. The Bertz CT molecular complexity index is 1160. The first-order chi connectivity index (χ1) is 18.6. The van der Waals surface area contributed by atoms with Crippen LogP contribution in [0.2, 0.25) is 0 Å². The normalized spacial score (nSPS) is 15.9. The molecule has 0 spiro atoms. The topological polar surface area (TPSA) is 66.9 Å². The van der Waals surface area contributed by atoms with E-state index in [1.165, 1.54) is 18.4 Å². The highest BCUT2D eigenvalue weighted by molar-refractivity contribution is 7.10. The lowest BCUT2D eigenvalue weighted by Crippen LogP contribution is -2.46. The molecular weight excluding hydrogens is 496 g/mol. The zero-order valence-corrected chi connectivity index (χ0v) is 23.4. The van der Waals surface area contributed by atoms with Crippen LogP contribution in [0, 0.1) is 6.92 Å². The molecule has 1 saturated heterocycles. The van der Waals surface area contributed by atoms with E-state index in [2.05, 4.69) is 59.2 Å². The summed E-state index contributed by atoms with van der Waals surface area (Å²) in [5, 5.41) is 6.38. The molecule has 0 unspecified atom stereocenters. The number of aldehydes is 1. The quantitative estimate of drug-likeness (QED) is 0.322. The maximum absolute atomic E-state index is 11.3. The van der Waals surface area contributed by atoms with Gasteiger partial charge in [-0.25, -0.2) is 4.98 Å². The van der Waals surface area contributed by atoms with Gasteiger partial charge in [-0.3, -0.25) is 9.69 Å². The van der Waals surface area contributed by atoms with Crippen molar-refractivity contribution in [2.24, 2.45) is 0 Å². The van der Waals surface area contributed by atoms with E-state index in [0.717, 1.165) is 65.9 Å². The molecule has 0 saturated carbocycles. The molecule has 3 aromatic rings. The third kappa shape index (κ3) is 7.43. The SMILES string of the molecule is CCNC1CCN(CN(C)c2cc(C)ccc2/C(=C\C=O)c2nccs2)CC1.c1ccc2c(c1)OCCO2. The van der Waals surface area contributed by atoms with E-state index in [9.17, 15) is 4.79 Å². The van der Waals surface area contributed by atoms with Crippen LogP contribution in [-0.2, 0) is 4.79 Å². The first-order valence-corrected chi connectivity index (χ1v) is 14.1. The number of rotatable bonds is 8. The lowest BCUT2D eigenvalue weighted by Gasteiger charge is -2.36. The van der Waals surface area contributed by atoms with Crippen LogP contribution in [0.5, 0.6) is 11.5 Å². The summed E-state index contributed by atoms with van der Waals surface area (Å²) in [5.74, 6) is 1.71. The third-order valence-corrected chi connectivity index (χ3v) is 7.50. The van der Waals surface area contributed by atoms with Crippen molar-refractivity contribution in [3.63, 3.8) is 0 Å². The van der Waals surface area contributed by atoms with Gasteiger partial charge in [-0.1, -0.05) is 31.2 Å². The standard InChI is InChI=1S/C22H30N4OS.C8H8O2/c1-4-23-18-7-11-26(12-8-18)16-25(3)21-15-17(2)5-6-19(21)20(9-13-27)22-24-10-14-28-22;1-2-4-8-7(3-1)9-5-6-10-8/h5-6,9-10,13-15,18,23H,4,7-8,11-12,16H2,1-3H3;1-4H,5-6H2/b20-9+;. The predicted octanol–water partition coefficient (Wildman–Crippen LogP) is 5.01. The van der Waals surface area contributed by atoms with Crippen molar-refractivity contribution in [3.05, 3.63) is 76.3 Å². The second-order valence-corrected chi connectivity index (χ2v) is 10.4. The number of carbonyl (C=O) groups is 1. The Morgan fingerprint density at radius 2 is 1.87 bits per heavy atom. The Kier molecular flexibility index (Phi) is 10.3. The van der Waals surface area contributed by atoms with E-state index in [-0.39, 0.29) is 0 Å². The van der Waals surface area contributed by atoms with Gasteiger partial charge in [-0.15, -0.1) is 11.3 Å². The summed E-state index contributed by atoms with van der Waals surface area (Å²) in [6, 6.07) is 14.8. The molecule has 1 N–H and O–H groups in total. The monoisotopic (exact) mass is 534 g/mol. The highest BCUT2D eigenvalue weighted by Crippen LogP contribution is 2.33. The van der Waals surface area contributed by atoms with Crippen molar-refractivity contribution in [1.29, 1.82) is 0 Å². The molecule has 0 aliphatic carbocycles. The molecular formula is C30H38N4O3S. The summed E-state index contributed by atoms with van der Waals surface area (Å²) in [4.78, 5) is 20.5. The number of aryl methyl sites for hydroxylation is 1. The molecule has 202 valence electrons. The van der Waals surface area contributed by atoms with Gasteiger partial charge in [0, 0.05) is 54.6 Å². The molecule has 0 amide bonds. The van der Waals surface area contributed by atoms with Gasteiger partial charge in [-0.05, 0) is 56.1 Å². The molecule has 5 rings (SSSR count). The fourth-order valence-electron chi connectivity index (χ4n) is 4.82. The van der Waals surface area contributed by atoms with Crippen LogP contribution < -0.4 is 19.7 Å². The smallest absolute Gasteiger partial charge is 0.161 e. The fraction of sp³-hybridized carbons (Fsp3) is 0.400. The predicted molar refractivity (Wildman–Crippen MR) is 155 cm³/mol. The van der Waals surface area contributed by atoms with Crippen molar-refractivity contribution in [3.8, 4) is 11.5 Å². The van der Waals surface area contributed by atoms with Gasteiger partial charge in [0.15, 0.2) is 11.5 Å². The van der Waals surface area contributed by atoms with Crippen LogP contribution in [-0.4, -0.2) is 68.8 Å². The third-order valence-electron chi connectivity index (χ3n) is 6.69. The van der Waals surface area contributed by atoms with Crippen molar-refractivity contribution in [2.75, 3.05) is 51.5 Å². The molecule has 1 aromatic heterocycles. The molecule has 2 aliphatic rings. The molecule has 8 heteroatoms. The molecule has 0 bridgehead atoms. The van der Waals surface area contributed by atoms with E-state index in [0.29, 0.717) is 19.3 Å². The average Bonchev–Trinajstić information content (AvgIpc) is 3.48. The van der Waals surface area contributed by atoms with Crippen LogP contribution in [0.25, 0.3) is 5.57 Å². The molecule has 1 fully saturated rings. The minimum absolute atomic E-state index is 0.646. The number of anilines is 1. The molecule has 2 aromatic carbocycles. The van der Waals surface area contributed by atoms with Crippen molar-refractivity contribution in [2.45, 2.75) is 32.7 Å². The Hall–Kier alpha value is -3.20. The van der Waals surface area contributed by atoms with Gasteiger partial charge in [0.05, 0.1) is 6.67 Å². The lowest BCUT2D eigenvalue weighted by atomic mass is 10.0. The van der Waals surface area contributed by atoms with E-state index in [1.54, 1.807) is 23.6 Å². The molecule has 0 radical (unpaired) electrons. The summed E-state index contributed by atoms with van der Waals surface area (Å²) >= 11 is 1.56. The van der Waals surface area contributed by atoms with Crippen molar-refractivity contribution >= 4 is 28.9 Å². The van der Waals surface area contributed by atoms with Crippen LogP contribution in [0.4, 0.5) is 5.69 Å². The van der Waals surface area contributed by atoms with E-state index < -0.39 is 0 Å². The zero-order valence-electron chi connectivity index (χ0n) is 22.6. The largest absolute Gasteiger partial charge is 0.486 e. The highest BCUT2D eigenvalue weighted by Gasteiger charge is 2.21. The minimum atomic E-state index is 0.646. The van der Waals surface area contributed by atoms with Gasteiger partial charge < -0.3 is 19.7 Å². The number of fused-ring (bicyclic) bond motifs is 1. The Labute approximate surface area is 230 Å². The molecule has 7 nitrogen and oxygen atoms in total. The van der Waals surface area contributed by atoms with Gasteiger partial charge in [-0.2, -0.15) is 0 Å². The number of para-hydroxylation sites is 2. The van der Waals surface area contributed by atoms with Gasteiger partial charge in [0.2, 0.25) is 0 Å². The second-order valence-electron chi connectivity index (χ2n) is 9.51. The fourth-order valence-corrected chi connectivity index (χ4v) is 5.50.